The summed E-state index contributed by atoms with van der Waals surface area (Å²) in [5.74, 6) is -0.330. The number of carbonyl (C=O) groups is 1. The molecule has 26 heavy (non-hydrogen) atoms. The summed E-state index contributed by atoms with van der Waals surface area (Å²) in [5, 5.41) is 3.95. The van der Waals surface area contributed by atoms with E-state index in [9.17, 15) is 13.6 Å². The first-order valence-corrected chi connectivity index (χ1v) is 8.64. The van der Waals surface area contributed by atoms with Gasteiger partial charge in [-0.2, -0.15) is 5.10 Å². The normalized spacial score (nSPS) is 15.5. The number of piperidine rings is 1. The maximum absolute atomic E-state index is 12.8. The van der Waals surface area contributed by atoms with E-state index in [1.807, 2.05) is 12.1 Å². The molecule has 0 radical (unpaired) electrons. The van der Waals surface area contributed by atoms with Crippen LogP contribution in [0.2, 0.25) is 0 Å². The summed E-state index contributed by atoms with van der Waals surface area (Å²) >= 11 is 0. The van der Waals surface area contributed by atoms with E-state index in [1.165, 1.54) is 6.20 Å². The largest absolute Gasteiger partial charge is 0.462 e. The Hall–Kier alpha value is -2.64. The van der Waals surface area contributed by atoms with E-state index >= 15 is 0 Å². The number of benzene rings is 1. The third-order valence-corrected chi connectivity index (χ3v) is 4.58. The number of hydrogen-bond donors (Lipinski definition) is 1. The summed E-state index contributed by atoms with van der Waals surface area (Å²) in [4.78, 5) is 13.9. The number of ether oxygens (including phenoxy) is 1. The molecular weight excluding hydrogens is 342 g/mol. The molecule has 0 saturated carbocycles. The highest BCUT2D eigenvalue weighted by atomic mass is 19.3. The Morgan fingerprint density at radius 3 is 2.50 bits per heavy atom. The number of aromatic nitrogens is 2. The van der Waals surface area contributed by atoms with Gasteiger partial charge in [-0.05, 0) is 44.0 Å². The number of nitrogens with zero attached hydrogens (tertiary/aromatic N) is 3. The molecule has 8 heteroatoms. The first-order valence-electron chi connectivity index (χ1n) is 8.64. The van der Waals surface area contributed by atoms with Crippen molar-refractivity contribution in [1.82, 2.24) is 9.78 Å². The molecule has 1 aliphatic rings. The number of carbonyl (C=O) groups excluding carboxylic acids is 1. The summed E-state index contributed by atoms with van der Waals surface area (Å²) in [6, 6.07) is 7.35. The molecule has 3 rings (SSSR count). The standard InChI is InChI=1S/C18H22F2N4O2/c1-2-26-18(25)12-3-5-13(6-4-12)23-9-7-14(8-10-23)24-11-15(21)16(22-24)17(19)20/h3-6,11,14,17H,2,7-10,21H2,1H3. The Bertz CT molecular complexity index is 753. The fraction of sp³-hybridized carbons (Fsp3) is 0.444. The molecule has 1 aromatic carbocycles. The van der Waals surface area contributed by atoms with Crippen LogP contribution in [0.5, 0.6) is 0 Å². The predicted molar refractivity (Wildman–Crippen MR) is 94.5 cm³/mol. The highest BCUT2D eigenvalue weighted by Gasteiger charge is 2.24. The second-order valence-corrected chi connectivity index (χ2v) is 6.24. The van der Waals surface area contributed by atoms with Crippen LogP contribution in [0, 0.1) is 0 Å². The van der Waals surface area contributed by atoms with Gasteiger partial charge in [0, 0.05) is 25.0 Å². The number of anilines is 2. The third kappa shape index (κ3) is 3.79. The molecule has 140 valence electrons. The number of alkyl halides is 2. The monoisotopic (exact) mass is 364 g/mol. The number of nitrogen functional groups attached to an aromatic ring is 1. The van der Waals surface area contributed by atoms with E-state index in [0.29, 0.717) is 12.2 Å². The van der Waals surface area contributed by atoms with Crippen molar-refractivity contribution in [1.29, 1.82) is 0 Å². The van der Waals surface area contributed by atoms with Crippen molar-refractivity contribution in [3.8, 4) is 0 Å². The van der Waals surface area contributed by atoms with Gasteiger partial charge in [-0.25, -0.2) is 13.6 Å². The summed E-state index contributed by atoms with van der Waals surface area (Å²) in [6.07, 6.45) is 0.400. The molecule has 2 aromatic rings. The molecule has 0 spiro atoms. The minimum atomic E-state index is -2.66. The van der Waals surface area contributed by atoms with Crippen molar-refractivity contribution in [2.45, 2.75) is 32.2 Å². The topological polar surface area (TPSA) is 73.4 Å². The SMILES string of the molecule is CCOC(=O)c1ccc(N2CCC(n3cc(N)c(C(F)F)n3)CC2)cc1. The lowest BCUT2D eigenvalue weighted by Crippen LogP contribution is -2.34. The Kier molecular flexibility index (Phi) is 5.39. The highest BCUT2D eigenvalue weighted by molar-refractivity contribution is 5.89. The molecule has 1 aliphatic heterocycles. The van der Waals surface area contributed by atoms with Crippen LogP contribution in [0.15, 0.2) is 30.5 Å². The number of esters is 1. The molecule has 0 aliphatic carbocycles. The summed E-state index contributed by atoms with van der Waals surface area (Å²) in [7, 11) is 0. The van der Waals surface area contributed by atoms with Gasteiger partial charge in [0.05, 0.1) is 23.9 Å². The zero-order valence-corrected chi connectivity index (χ0v) is 14.6. The van der Waals surface area contributed by atoms with Crippen molar-refractivity contribution in [3.05, 3.63) is 41.7 Å². The zero-order valence-electron chi connectivity index (χ0n) is 14.6. The van der Waals surface area contributed by atoms with Gasteiger partial charge < -0.3 is 15.4 Å². The number of halogens is 2. The fourth-order valence-corrected chi connectivity index (χ4v) is 3.19. The molecule has 0 unspecified atom stereocenters. The Morgan fingerprint density at radius 1 is 1.31 bits per heavy atom. The van der Waals surface area contributed by atoms with Gasteiger partial charge in [-0.1, -0.05) is 0 Å². The third-order valence-electron chi connectivity index (χ3n) is 4.58. The molecule has 1 saturated heterocycles. The molecule has 1 fully saturated rings. The molecule has 0 bridgehead atoms. The van der Waals surface area contributed by atoms with Crippen LogP contribution in [-0.4, -0.2) is 35.4 Å². The van der Waals surface area contributed by atoms with E-state index < -0.39 is 6.43 Å². The lowest BCUT2D eigenvalue weighted by molar-refractivity contribution is 0.0526. The Balaban J connectivity index is 1.61. The number of hydrogen-bond acceptors (Lipinski definition) is 5. The van der Waals surface area contributed by atoms with Crippen LogP contribution < -0.4 is 10.6 Å². The number of rotatable bonds is 5. The lowest BCUT2D eigenvalue weighted by atomic mass is 10.0. The van der Waals surface area contributed by atoms with Gasteiger partial charge in [0.2, 0.25) is 0 Å². The second-order valence-electron chi connectivity index (χ2n) is 6.24. The van der Waals surface area contributed by atoms with Gasteiger partial charge in [0.1, 0.15) is 0 Å². The highest BCUT2D eigenvalue weighted by Crippen LogP contribution is 2.30. The van der Waals surface area contributed by atoms with Crippen LogP contribution in [0.1, 0.15) is 48.3 Å². The molecule has 6 nitrogen and oxygen atoms in total. The van der Waals surface area contributed by atoms with E-state index in [-0.39, 0.29) is 23.4 Å². The van der Waals surface area contributed by atoms with Crippen LogP contribution in [0.25, 0.3) is 0 Å². The van der Waals surface area contributed by atoms with E-state index in [0.717, 1.165) is 31.6 Å². The molecule has 2 heterocycles. The van der Waals surface area contributed by atoms with Crippen molar-refractivity contribution in [2.24, 2.45) is 0 Å². The van der Waals surface area contributed by atoms with Gasteiger partial charge in [-0.3, -0.25) is 4.68 Å². The van der Waals surface area contributed by atoms with Crippen molar-refractivity contribution >= 4 is 17.3 Å². The molecule has 1 aromatic heterocycles. The first kappa shape index (κ1) is 18.2. The van der Waals surface area contributed by atoms with E-state index in [2.05, 4.69) is 10.00 Å². The quantitative estimate of drug-likeness (QED) is 0.823. The summed E-state index contributed by atoms with van der Waals surface area (Å²) in [6.45, 7) is 3.66. The molecule has 2 N–H and O–H groups in total. The molecule has 0 amide bonds. The fourth-order valence-electron chi connectivity index (χ4n) is 3.19. The van der Waals surface area contributed by atoms with Crippen LogP contribution in [0.3, 0.4) is 0 Å². The van der Waals surface area contributed by atoms with Crippen molar-refractivity contribution in [3.63, 3.8) is 0 Å². The van der Waals surface area contributed by atoms with Gasteiger partial charge in [0.15, 0.2) is 5.69 Å². The second kappa shape index (κ2) is 7.72. The van der Waals surface area contributed by atoms with E-state index in [4.69, 9.17) is 10.5 Å². The first-order chi connectivity index (χ1) is 12.5. The average molecular weight is 364 g/mol. The smallest absolute Gasteiger partial charge is 0.338 e. The van der Waals surface area contributed by atoms with Crippen LogP contribution in [-0.2, 0) is 4.74 Å². The Labute approximate surface area is 150 Å². The van der Waals surface area contributed by atoms with Crippen LogP contribution in [0.4, 0.5) is 20.2 Å². The lowest BCUT2D eigenvalue weighted by Gasteiger charge is -2.33. The van der Waals surface area contributed by atoms with Gasteiger partial charge in [0.25, 0.3) is 6.43 Å². The maximum atomic E-state index is 12.8. The minimum absolute atomic E-state index is 0.0389. The average Bonchev–Trinajstić information content (AvgIpc) is 3.04. The Morgan fingerprint density at radius 2 is 1.96 bits per heavy atom. The molecule has 0 atom stereocenters. The van der Waals surface area contributed by atoms with Gasteiger partial charge >= 0.3 is 5.97 Å². The molecular formula is C18H22F2N4O2. The number of nitrogens with two attached hydrogens (primary N) is 1. The maximum Gasteiger partial charge on any atom is 0.338 e. The zero-order chi connectivity index (χ0) is 18.7. The summed E-state index contributed by atoms with van der Waals surface area (Å²) < 4.78 is 32.2. The van der Waals surface area contributed by atoms with Crippen LogP contribution >= 0.6 is 0 Å². The van der Waals surface area contributed by atoms with Crippen molar-refractivity contribution < 1.29 is 18.3 Å². The van der Waals surface area contributed by atoms with E-state index in [1.54, 1.807) is 23.7 Å². The predicted octanol–water partition coefficient (Wildman–Crippen LogP) is 3.42. The van der Waals surface area contributed by atoms with Gasteiger partial charge in [-0.15, -0.1) is 0 Å². The minimum Gasteiger partial charge on any atom is -0.462 e. The summed E-state index contributed by atoms with van der Waals surface area (Å²) in [5.41, 5.74) is 6.85. The van der Waals surface area contributed by atoms with Crippen molar-refractivity contribution in [2.75, 3.05) is 30.3 Å².